The Kier molecular flexibility index (Phi) is 7.14. The third kappa shape index (κ3) is 5.06. The lowest BCUT2D eigenvalue weighted by Crippen LogP contribution is -2.47. The maximum atomic E-state index is 12.5. The fourth-order valence-electron chi connectivity index (χ4n) is 3.25. The Morgan fingerprint density at radius 2 is 1.75 bits per heavy atom. The number of halogens is 2. The molecular formula is C19H25F2NO5S. The first-order valence-corrected chi connectivity index (χ1v) is 10.7. The van der Waals surface area contributed by atoms with E-state index in [1.165, 1.54) is 6.92 Å². The van der Waals surface area contributed by atoms with Crippen LogP contribution in [0.25, 0.3) is 0 Å². The van der Waals surface area contributed by atoms with Gasteiger partial charge in [-0.15, -0.1) is 0 Å². The van der Waals surface area contributed by atoms with E-state index in [1.54, 1.807) is 0 Å². The number of sulfone groups is 1. The number of carbonyl (C=O) groups excluding carboxylic acids is 2. The summed E-state index contributed by atoms with van der Waals surface area (Å²) in [6, 6.07) is 4.00. The highest BCUT2D eigenvalue weighted by molar-refractivity contribution is 7.91. The number of esters is 1. The molecule has 1 aliphatic rings. The first kappa shape index (κ1) is 22.3. The highest BCUT2D eigenvalue weighted by atomic mass is 32.2. The molecule has 28 heavy (non-hydrogen) atoms. The van der Waals surface area contributed by atoms with Crippen molar-refractivity contribution >= 4 is 21.7 Å². The standard InChI is InChI=1S/C19H25F2NO5S/c1-11-5-4-6-16(12(11)2)22-17(23)13(3)27-18(24)14-7-9-15(10-8-14)28(25,26)19(20)21/h7-13,16,19H,4-6H2,1-3H3,(H,22,23)/t11-,12-,13-,16-/m1/s1. The molecule has 1 aliphatic carbocycles. The maximum Gasteiger partial charge on any atom is 0.341 e. The second kappa shape index (κ2) is 8.98. The van der Waals surface area contributed by atoms with Gasteiger partial charge in [0.05, 0.1) is 10.5 Å². The molecule has 156 valence electrons. The van der Waals surface area contributed by atoms with Gasteiger partial charge in [0.15, 0.2) is 6.10 Å². The summed E-state index contributed by atoms with van der Waals surface area (Å²) in [5.74, 6) is -3.96. The van der Waals surface area contributed by atoms with Gasteiger partial charge >= 0.3 is 11.7 Å². The number of amides is 1. The van der Waals surface area contributed by atoms with Crippen molar-refractivity contribution < 1.29 is 31.5 Å². The molecule has 1 saturated carbocycles. The Balaban J connectivity index is 1.97. The van der Waals surface area contributed by atoms with E-state index in [0.717, 1.165) is 43.5 Å². The number of ether oxygens (including phenoxy) is 1. The molecule has 1 N–H and O–H groups in total. The normalized spacial score (nSPS) is 23.9. The molecule has 1 fully saturated rings. The lowest BCUT2D eigenvalue weighted by molar-refractivity contribution is -0.130. The maximum absolute atomic E-state index is 12.5. The Labute approximate surface area is 163 Å². The summed E-state index contributed by atoms with van der Waals surface area (Å²) in [6.07, 6.45) is 1.98. The zero-order chi connectivity index (χ0) is 21.1. The number of hydrogen-bond donors (Lipinski definition) is 1. The van der Waals surface area contributed by atoms with Crippen LogP contribution in [0.2, 0.25) is 0 Å². The van der Waals surface area contributed by atoms with Crippen molar-refractivity contribution in [1.29, 1.82) is 0 Å². The van der Waals surface area contributed by atoms with Gasteiger partial charge < -0.3 is 10.1 Å². The number of alkyl halides is 2. The summed E-state index contributed by atoms with van der Waals surface area (Å²) in [5, 5.41) is 2.92. The largest absolute Gasteiger partial charge is 0.449 e. The monoisotopic (exact) mass is 417 g/mol. The van der Waals surface area contributed by atoms with Crippen molar-refractivity contribution in [2.75, 3.05) is 0 Å². The number of carbonyl (C=O) groups is 2. The van der Waals surface area contributed by atoms with E-state index in [9.17, 15) is 26.8 Å². The van der Waals surface area contributed by atoms with Gasteiger partial charge in [0.25, 0.3) is 5.91 Å². The molecule has 9 heteroatoms. The van der Waals surface area contributed by atoms with Crippen molar-refractivity contribution in [3.63, 3.8) is 0 Å². The van der Waals surface area contributed by atoms with Gasteiger partial charge in [-0.3, -0.25) is 4.79 Å². The van der Waals surface area contributed by atoms with E-state index in [0.29, 0.717) is 11.8 Å². The Morgan fingerprint density at radius 1 is 1.14 bits per heavy atom. The van der Waals surface area contributed by atoms with Crippen LogP contribution in [0.4, 0.5) is 8.78 Å². The van der Waals surface area contributed by atoms with E-state index in [1.807, 2.05) is 0 Å². The van der Waals surface area contributed by atoms with Crippen LogP contribution in [-0.4, -0.2) is 38.2 Å². The Bertz CT molecular complexity index is 810. The summed E-state index contributed by atoms with van der Waals surface area (Å²) in [6.45, 7) is 5.67. The molecule has 1 amide bonds. The number of benzene rings is 1. The van der Waals surface area contributed by atoms with Gasteiger partial charge in [0.1, 0.15) is 0 Å². The SMILES string of the molecule is C[C@@H]1[C@H](C)CCC[C@H]1NC(=O)[C@@H](C)OC(=O)c1ccc(S(=O)(=O)C(F)F)cc1. The lowest BCUT2D eigenvalue weighted by Gasteiger charge is -2.35. The highest BCUT2D eigenvalue weighted by Crippen LogP contribution is 2.29. The van der Waals surface area contributed by atoms with Crippen LogP contribution in [0.5, 0.6) is 0 Å². The molecule has 0 spiro atoms. The van der Waals surface area contributed by atoms with Gasteiger partial charge in [0, 0.05) is 6.04 Å². The van der Waals surface area contributed by atoms with Gasteiger partial charge in [-0.2, -0.15) is 8.78 Å². The zero-order valence-electron chi connectivity index (χ0n) is 16.0. The van der Waals surface area contributed by atoms with Crippen molar-refractivity contribution in [2.45, 2.75) is 62.8 Å². The van der Waals surface area contributed by atoms with Crippen LogP contribution < -0.4 is 5.32 Å². The fourth-order valence-corrected chi connectivity index (χ4v) is 3.97. The van der Waals surface area contributed by atoms with E-state index in [4.69, 9.17) is 4.74 Å². The summed E-state index contributed by atoms with van der Waals surface area (Å²) in [4.78, 5) is 23.9. The predicted molar refractivity (Wildman–Crippen MR) is 98.6 cm³/mol. The molecule has 0 radical (unpaired) electrons. The fraction of sp³-hybridized carbons (Fsp3) is 0.579. The molecule has 0 aliphatic heterocycles. The van der Waals surface area contributed by atoms with E-state index < -0.39 is 38.5 Å². The molecule has 6 nitrogen and oxygen atoms in total. The van der Waals surface area contributed by atoms with Gasteiger partial charge in [-0.1, -0.05) is 26.7 Å². The van der Waals surface area contributed by atoms with Crippen molar-refractivity contribution in [1.82, 2.24) is 5.32 Å². The highest BCUT2D eigenvalue weighted by Gasteiger charge is 2.30. The zero-order valence-corrected chi connectivity index (χ0v) is 16.8. The van der Waals surface area contributed by atoms with Gasteiger partial charge in [0.2, 0.25) is 9.84 Å². The molecule has 0 saturated heterocycles. The van der Waals surface area contributed by atoms with Crippen molar-refractivity contribution in [3.8, 4) is 0 Å². The van der Waals surface area contributed by atoms with Crippen LogP contribution in [0, 0.1) is 11.8 Å². The molecule has 4 atom stereocenters. The molecule has 0 aromatic heterocycles. The minimum absolute atomic E-state index is 0.0243. The number of hydrogen-bond acceptors (Lipinski definition) is 5. The Hall–Kier alpha value is -2.03. The molecule has 2 rings (SSSR count). The average Bonchev–Trinajstić information content (AvgIpc) is 2.65. The van der Waals surface area contributed by atoms with Gasteiger partial charge in [-0.05, 0) is 49.4 Å². The second-order valence-electron chi connectivity index (χ2n) is 7.26. The van der Waals surface area contributed by atoms with Crippen LogP contribution in [-0.2, 0) is 19.4 Å². The summed E-state index contributed by atoms with van der Waals surface area (Å²) >= 11 is 0. The van der Waals surface area contributed by atoms with E-state index in [2.05, 4.69) is 19.2 Å². The quantitative estimate of drug-likeness (QED) is 0.718. The van der Waals surface area contributed by atoms with Crippen molar-refractivity contribution in [3.05, 3.63) is 29.8 Å². The molecule has 0 unspecified atom stereocenters. The molecular weight excluding hydrogens is 392 g/mol. The van der Waals surface area contributed by atoms with Gasteiger partial charge in [-0.25, -0.2) is 13.2 Å². The predicted octanol–water partition coefficient (Wildman–Crippen LogP) is 3.17. The first-order valence-electron chi connectivity index (χ1n) is 9.17. The van der Waals surface area contributed by atoms with Crippen molar-refractivity contribution in [2.24, 2.45) is 11.8 Å². The van der Waals surface area contributed by atoms with E-state index >= 15 is 0 Å². The molecule has 1 aromatic carbocycles. The third-order valence-electron chi connectivity index (χ3n) is 5.34. The van der Waals surface area contributed by atoms with Crippen LogP contribution >= 0.6 is 0 Å². The topological polar surface area (TPSA) is 89.5 Å². The smallest absolute Gasteiger partial charge is 0.341 e. The minimum atomic E-state index is -4.73. The summed E-state index contributed by atoms with van der Waals surface area (Å²) in [5.41, 5.74) is -0.0347. The lowest BCUT2D eigenvalue weighted by atomic mass is 9.78. The summed E-state index contributed by atoms with van der Waals surface area (Å²) in [7, 11) is -4.73. The third-order valence-corrected chi connectivity index (χ3v) is 6.74. The van der Waals surface area contributed by atoms with Crippen LogP contribution in [0.1, 0.15) is 50.4 Å². The Morgan fingerprint density at radius 3 is 2.32 bits per heavy atom. The summed E-state index contributed by atoms with van der Waals surface area (Å²) < 4.78 is 53.0. The molecule has 0 heterocycles. The molecule has 0 bridgehead atoms. The number of nitrogens with one attached hydrogen (secondary N) is 1. The second-order valence-corrected chi connectivity index (χ2v) is 9.18. The number of rotatable bonds is 6. The average molecular weight is 417 g/mol. The minimum Gasteiger partial charge on any atom is -0.449 e. The van der Waals surface area contributed by atoms with Crippen LogP contribution in [0.15, 0.2) is 29.2 Å². The first-order chi connectivity index (χ1) is 13.0. The molecule has 1 aromatic rings. The van der Waals surface area contributed by atoms with E-state index in [-0.39, 0.29) is 11.6 Å². The van der Waals surface area contributed by atoms with Crippen LogP contribution in [0.3, 0.4) is 0 Å².